The van der Waals surface area contributed by atoms with Crippen molar-refractivity contribution < 1.29 is 4.39 Å². The van der Waals surface area contributed by atoms with Gasteiger partial charge in [-0.05, 0) is 44.0 Å². The summed E-state index contributed by atoms with van der Waals surface area (Å²) in [4.78, 5) is 8.77. The maximum absolute atomic E-state index is 13.1. The Balaban J connectivity index is 2.60. The zero-order valence-corrected chi connectivity index (χ0v) is 11.3. The molecule has 1 heterocycles. The van der Waals surface area contributed by atoms with Gasteiger partial charge in [0, 0.05) is 16.8 Å². The van der Waals surface area contributed by atoms with Crippen molar-refractivity contribution in [3.05, 3.63) is 46.0 Å². The lowest BCUT2D eigenvalue weighted by molar-refractivity contribution is 0.627. The first-order valence-corrected chi connectivity index (χ1v) is 6.20. The fourth-order valence-electron chi connectivity index (χ4n) is 1.88. The Morgan fingerprint density at radius 3 is 2.56 bits per heavy atom. The zero-order valence-electron chi connectivity index (χ0n) is 10.6. The molecule has 4 heteroatoms. The summed E-state index contributed by atoms with van der Waals surface area (Å²) in [7, 11) is 0. The Labute approximate surface area is 111 Å². The highest BCUT2D eigenvalue weighted by Gasteiger charge is 2.11. The Morgan fingerprint density at radius 2 is 1.94 bits per heavy atom. The zero-order chi connectivity index (χ0) is 13.3. The summed E-state index contributed by atoms with van der Waals surface area (Å²) < 4.78 is 13.1. The van der Waals surface area contributed by atoms with Crippen molar-refractivity contribution in [2.24, 2.45) is 0 Å². The van der Waals surface area contributed by atoms with Crippen molar-refractivity contribution in [1.29, 1.82) is 0 Å². The highest BCUT2D eigenvalue weighted by molar-refractivity contribution is 6.30. The van der Waals surface area contributed by atoms with Crippen LogP contribution in [0.4, 0.5) is 4.39 Å². The van der Waals surface area contributed by atoms with Gasteiger partial charge in [-0.2, -0.15) is 0 Å². The average molecular weight is 265 g/mol. The van der Waals surface area contributed by atoms with E-state index < -0.39 is 0 Å². The Kier molecular flexibility index (Phi) is 3.62. The SMILES string of the molecule is CCc1nc(-c2ccc(F)cc2C)nc(Cl)c1C. The molecule has 18 heavy (non-hydrogen) atoms. The topological polar surface area (TPSA) is 25.8 Å². The van der Waals surface area contributed by atoms with Crippen LogP contribution in [0.25, 0.3) is 11.4 Å². The maximum Gasteiger partial charge on any atom is 0.161 e. The molecule has 0 saturated carbocycles. The van der Waals surface area contributed by atoms with Gasteiger partial charge in [0.2, 0.25) is 0 Å². The smallest absolute Gasteiger partial charge is 0.161 e. The second-order valence-electron chi connectivity index (χ2n) is 4.22. The van der Waals surface area contributed by atoms with Crippen molar-refractivity contribution in [3.63, 3.8) is 0 Å². The van der Waals surface area contributed by atoms with E-state index >= 15 is 0 Å². The molecule has 0 bridgehead atoms. The van der Waals surface area contributed by atoms with Gasteiger partial charge in [-0.1, -0.05) is 18.5 Å². The molecule has 0 saturated heterocycles. The van der Waals surface area contributed by atoms with Gasteiger partial charge < -0.3 is 0 Å². The summed E-state index contributed by atoms with van der Waals surface area (Å²) in [6.45, 7) is 5.76. The van der Waals surface area contributed by atoms with Crippen LogP contribution in [-0.2, 0) is 6.42 Å². The van der Waals surface area contributed by atoms with E-state index in [0.29, 0.717) is 11.0 Å². The summed E-state index contributed by atoms with van der Waals surface area (Å²) >= 11 is 6.11. The van der Waals surface area contributed by atoms with Gasteiger partial charge in [0.1, 0.15) is 11.0 Å². The van der Waals surface area contributed by atoms with Crippen LogP contribution < -0.4 is 0 Å². The summed E-state index contributed by atoms with van der Waals surface area (Å²) in [6.07, 6.45) is 0.793. The number of hydrogen-bond donors (Lipinski definition) is 0. The molecule has 0 aliphatic rings. The number of halogens is 2. The van der Waals surface area contributed by atoms with Crippen LogP contribution in [0.2, 0.25) is 5.15 Å². The fraction of sp³-hybridized carbons (Fsp3) is 0.286. The molecule has 0 N–H and O–H groups in total. The molecule has 0 atom stereocenters. The fourth-order valence-corrected chi connectivity index (χ4v) is 2.06. The third-order valence-corrected chi connectivity index (χ3v) is 3.32. The molecule has 1 aromatic heterocycles. The van der Waals surface area contributed by atoms with Crippen LogP contribution in [-0.4, -0.2) is 9.97 Å². The molecule has 0 aliphatic carbocycles. The van der Waals surface area contributed by atoms with E-state index in [4.69, 9.17) is 11.6 Å². The van der Waals surface area contributed by atoms with Crippen molar-refractivity contribution in [2.75, 3.05) is 0 Å². The number of aromatic nitrogens is 2. The monoisotopic (exact) mass is 264 g/mol. The van der Waals surface area contributed by atoms with Crippen LogP contribution in [0.3, 0.4) is 0 Å². The number of benzene rings is 1. The van der Waals surface area contributed by atoms with E-state index in [-0.39, 0.29) is 5.82 Å². The molecular weight excluding hydrogens is 251 g/mol. The summed E-state index contributed by atoms with van der Waals surface area (Å²) in [6, 6.07) is 4.56. The van der Waals surface area contributed by atoms with Crippen LogP contribution in [0.1, 0.15) is 23.7 Å². The number of rotatable bonds is 2. The van der Waals surface area contributed by atoms with Crippen LogP contribution >= 0.6 is 11.6 Å². The minimum absolute atomic E-state index is 0.259. The molecule has 0 amide bonds. The largest absolute Gasteiger partial charge is 0.233 e. The van der Waals surface area contributed by atoms with Crippen LogP contribution in [0.15, 0.2) is 18.2 Å². The van der Waals surface area contributed by atoms with Crippen molar-refractivity contribution in [2.45, 2.75) is 27.2 Å². The van der Waals surface area contributed by atoms with E-state index in [1.54, 1.807) is 6.07 Å². The van der Waals surface area contributed by atoms with Gasteiger partial charge in [-0.25, -0.2) is 14.4 Å². The van der Waals surface area contributed by atoms with E-state index in [9.17, 15) is 4.39 Å². The van der Waals surface area contributed by atoms with Crippen LogP contribution in [0, 0.1) is 19.7 Å². The third-order valence-electron chi connectivity index (χ3n) is 2.95. The third kappa shape index (κ3) is 2.36. The molecule has 0 aliphatic heterocycles. The highest BCUT2D eigenvalue weighted by atomic mass is 35.5. The molecular formula is C14H14ClFN2. The molecule has 0 fully saturated rings. The van der Waals surface area contributed by atoms with Gasteiger partial charge in [0.05, 0.1) is 0 Å². The van der Waals surface area contributed by atoms with Gasteiger partial charge in [0.15, 0.2) is 5.82 Å². The highest BCUT2D eigenvalue weighted by Crippen LogP contribution is 2.25. The summed E-state index contributed by atoms with van der Waals surface area (Å²) in [5, 5.41) is 0.459. The minimum atomic E-state index is -0.259. The maximum atomic E-state index is 13.1. The Hall–Kier alpha value is -1.48. The lowest BCUT2D eigenvalue weighted by Gasteiger charge is -2.09. The molecule has 1 aromatic carbocycles. The normalized spacial score (nSPS) is 10.7. The van der Waals surface area contributed by atoms with Crippen molar-refractivity contribution in [3.8, 4) is 11.4 Å². The van der Waals surface area contributed by atoms with E-state index in [2.05, 4.69) is 9.97 Å². The minimum Gasteiger partial charge on any atom is -0.233 e. The Bertz CT molecular complexity index is 597. The second-order valence-corrected chi connectivity index (χ2v) is 4.58. The quantitative estimate of drug-likeness (QED) is 0.763. The standard InChI is InChI=1S/C14H14ClFN2/c1-4-12-9(3)13(15)18-14(17-12)11-6-5-10(16)7-8(11)2/h5-7H,4H2,1-3H3. The Morgan fingerprint density at radius 1 is 1.22 bits per heavy atom. The molecule has 2 aromatic rings. The van der Waals surface area contributed by atoms with Gasteiger partial charge in [0.25, 0.3) is 0 Å². The van der Waals surface area contributed by atoms with Crippen LogP contribution in [0.5, 0.6) is 0 Å². The van der Waals surface area contributed by atoms with E-state index in [1.165, 1.54) is 12.1 Å². The van der Waals surface area contributed by atoms with Gasteiger partial charge >= 0.3 is 0 Å². The summed E-state index contributed by atoms with van der Waals surface area (Å²) in [5.74, 6) is 0.296. The predicted octanol–water partition coefficient (Wildman–Crippen LogP) is 4.12. The second kappa shape index (κ2) is 5.02. The van der Waals surface area contributed by atoms with Gasteiger partial charge in [-0.15, -0.1) is 0 Å². The van der Waals surface area contributed by atoms with Crippen molar-refractivity contribution in [1.82, 2.24) is 9.97 Å². The number of aryl methyl sites for hydroxylation is 2. The molecule has 2 nitrogen and oxygen atoms in total. The molecule has 0 spiro atoms. The first kappa shape index (κ1) is 13.0. The molecule has 0 unspecified atom stereocenters. The van der Waals surface area contributed by atoms with E-state index in [1.807, 2.05) is 20.8 Å². The molecule has 0 radical (unpaired) electrons. The van der Waals surface area contributed by atoms with E-state index in [0.717, 1.165) is 28.8 Å². The van der Waals surface area contributed by atoms with Gasteiger partial charge in [-0.3, -0.25) is 0 Å². The first-order chi connectivity index (χ1) is 8.52. The number of hydrogen-bond acceptors (Lipinski definition) is 2. The lowest BCUT2D eigenvalue weighted by atomic mass is 10.1. The predicted molar refractivity (Wildman–Crippen MR) is 71.3 cm³/mol. The average Bonchev–Trinajstić information content (AvgIpc) is 2.32. The van der Waals surface area contributed by atoms with Crippen molar-refractivity contribution >= 4 is 11.6 Å². The molecule has 2 rings (SSSR count). The lowest BCUT2D eigenvalue weighted by Crippen LogP contribution is -2.00. The summed E-state index contributed by atoms with van der Waals surface area (Å²) in [5.41, 5.74) is 3.45. The number of nitrogens with zero attached hydrogens (tertiary/aromatic N) is 2. The molecule has 94 valence electrons. The first-order valence-electron chi connectivity index (χ1n) is 5.82.